The predicted octanol–water partition coefficient (Wildman–Crippen LogP) is 1.24. The zero-order valence-corrected chi connectivity index (χ0v) is 12.3. The third-order valence-electron chi connectivity index (χ3n) is 2.93. The van der Waals surface area contributed by atoms with Crippen LogP contribution in [0.25, 0.3) is 0 Å². The van der Waals surface area contributed by atoms with Crippen molar-refractivity contribution in [3.63, 3.8) is 0 Å². The van der Waals surface area contributed by atoms with Crippen LogP contribution >= 0.6 is 12.6 Å². The minimum absolute atomic E-state index is 0.135. The lowest BCUT2D eigenvalue weighted by atomic mass is 10.1. The highest BCUT2D eigenvalue weighted by Gasteiger charge is 2.18. The van der Waals surface area contributed by atoms with E-state index >= 15 is 0 Å². The van der Waals surface area contributed by atoms with E-state index in [1.165, 1.54) is 16.6 Å². The summed E-state index contributed by atoms with van der Waals surface area (Å²) >= 11 is 3.95. The van der Waals surface area contributed by atoms with Gasteiger partial charge in [-0.25, -0.2) is 5.48 Å². The number of thiol groups is 1. The van der Waals surface area contributed by atoms with E-state index in [-0.39, 0.29) is 11.7 Å². The van der Waals surface area contributed by atoms with Gasteiger partial charge in [0.25, 0.3) is 5.91 Å². The molecule has 0 aliphatic carbocycles. The summed E-state index contributed by atoms with van der Waals surface area (Å²) in [5.41, 5.74) is 3.90. The Labute approximate surface area is 124 Å². The Morgan fingerprint density at radius 1 is 1.30 bits per heavy atom. The maximum Gasteiger partial charge on any atom is 0.266 e. The summed E-state index contributed by atoms with van der Waals surface area (Å²) in [6.07, 6.45) is 1.84. The van der Waals surface area contributed by atoms with Crippen LogP contribution in [0.3, 0.4) is 0 Å². The lowest BCUT2D eigenvalue weighted by Crippen LogP contribution is -2.47. The molecule has 3 N–H and O–H groups in total. The van der Waals surface area contributed by atoms with E-state index in [1.54, 1.807) is 0 Å². The van der Waals surface area contributed by atoms with Crippen LogP contribution in [0.15, 0.2) is 24.3 Å². The van der Waals surface area contributed by atoms with E-state index in [4.69, 9.17) is 5.21 Å². The molecular weight excluding hydrogens is 276 g/mol. The van der Waals surface area contributed by atoms with Gasteiger partial charge in [0, 0.05) is 12.2 Å². The van der Waals surface area contributed by atoms with Crippen molar-refractivity contribution in [1.82, 2.24) is 10.8 Å². The van der Waals surface area contributed by atoms with Gasteiger partial charge in [0.05, 0.1) is 0 Å². The molecule has 0 radical (unpaired) electrons. The molecule has 1 aromatic carbocycles. The molecule has 0 bridgehead atoms. The Hall–Kier alpha value is -1.53. The maximum absolute atomic E-state index is 11.7. The first-order valence-corrected chi connectivity index (χ1v) is 7.09. The number of carbonyl (C=O) groups excluding carboxylic acids is 2. The number of aryl methyl sites for hydroxylation is 2. The number of amides is 2. The zero-order valence-electron chi connectivity index (χ0n) is 11.4. The Morgan fingerprint density at radius 3 is 2.50 bits per heavy atom. The minimum atomic E-state index is -0.810. The van der Waals surface area contributed by atoms with Crippen molar-refractivity contribution in [3.8, 4) is 0 Å². The maximum atomic E-state index is 11.7. The van der Waals surface area contributed by atoms with Crippen LogP contribution < -0.4 is 10.8 Å². The third-order valence-corrected chi connectivity index (χ3v) is 3.30. The molecule has 0 saturated carbocycles. The fourth-order valence-electron chi connectivity index (χ4n) is 1.75. The summed E-state index contributed by atoms with van der Waals surface area (Å²) in [4.78, 5) is 22.9. The molecule has 5 nitrogen and oxygen atoms in total. The standard InChI is InChI=1S/C14H20N2O3S/c1-10-5-7-11(8-6-10)3-2-4-13(17)15-12(9-20)14(18)16-19/h5-8,12,19-20H,2-4,9H2,1H3,(H,15,17)(H,16,18). The summed E-state index contributed by atoms with van der Waals surface area (Å²) in [7, 11) is 0. The number of rotatable bonds is 7. The molecule has 2 amide bonds. The van der Waals surface area contributed by atoms with Crippen LogP contribution in [-0.2, 0) is 16.0 Å². The average Bonchev–Trinajstić information content (AvgIpc) is 2.46. The molecule has 0 aromatic heterocycles. The number of hydroxylamine groups is 1. The lowest BCUT2D eigenvalue weighted by Gasteiger charge is -2.14. The van der Waals surface area contributed by atoms with E-state index in [0.717, 1.165) is 6.42 Å². The van der Waals surface area contributed by atoms with Gasteiger partial charge in [0.1, 0.15) is 6.04 Å². The van der Waals surface area contributed by atoms with E-state index in [2.05, 4.69) is 17.9 Å². The molecule has 20 heavy (non-hydrogen) atoms. The van der Waals surface area contributed by atoms with Crippen molar-refractivity contribution in [2.75, 3.05) is 5.75 Å². The van der Waals surface area contributed by atoms with Gasteiger partial charge in [-0.2, -0.15) is 12.6 Å². The first kappa shape index (κ1) is 16.5. The molecule has 0 saturated heterocycles. The molecule has 6 heteroatoms. The monoisotopic (exact) mass is 296 g/mol. The van der Waals surface area contributed by atoms with Gasteiger partial charge < -0.3 is 5.32 Å². The third kappa shape index (κ3) is 5.63. The van der Waals surface area contributed by atoms with Crippen LogP contribution in [0.2, 0.25) is 0 Å². The van der Waals surface area contributed by atoms with Crippen LogP contribution in [-0.4, -0.2) is 28.8 Å². The van der Waals surface area contributed by atoms with Crippen molar-refractivity contribution < 1.29 is 14.8 Å². The first-order valence-electron chi connectivity index (χ1n) is 6.46. The lowest BCUT2D eigenvalue weighted by molar-refractivity contribution is -0.134. The SMILES string of the molecule is Cc1ccc(CCCC(=O)NC(CS)C(=O)NO)cc1. The fourth-order valence-corrected chi connectivity index (χ4v) is 2.00. The van der Waals surface area contributed by atoms with Gasteiger partial charge in [-0.1, -0.05) is 29.8 Å². The Bertz CT molecular complexity index is 448. The Kier molecular flexibility index (Phi) is 7.11. The molecule has 1 unspecified atom stereocenters. The van der Waals surface area contributed by atoms with Crippen molar-refractivity contribution >= 4 is 24.4 Å². The van der Waals surface area contributed by atoms with Gasteiger partial charge in [-0.3, -0.25) is 14.8 Å². The van der Waals surface area contributed by atoms with Crippen molar-refractivity contribution in [2.45, 2.75) is 32.2 Å². The number of hydrogen-bond acceptors (Lipinski definition) is 4. The minimum Gasteiger partial charge on any atom is -0.343 e. The molecule has 0 fully saturated rings. The van der Waals surface area contributed by atoms with Gasteiger partial charge in [-0.05, 0) is 25.3 Å². The van der Waals surface area contributed by atoms with Crippen molar-refractivity contribution in [2.24, 2.45) is 0 Å². The van der Waals surface area contributed by atoms with E-state index in [9.17, 15) is 9.59 Å². The largest absolute Gasteiger partial charge is 0.343 e. The number of hydrogen-bond donors (Lipinski definition) is 4. The van der Waals surface area contributed by atoms with Gasteiger partial charge in [0.15, 0.2) is 0 Å². The summed E-state index contributed by atoms with van der Waals surface area (Å²) in [6.45, 7) is 2.03. The summed E-state index contributed by atoms with van der Waals surface area (Å²) < 4.78 is 0. The van der Waals surface area contributed by atoms with Crippen molar-refractivity contribution in [1.29, 1.82) is 0 Å². The fraction of sp³-hybridized carbons (Fsp3) is 0.429. The van der Waals surface area contributed by atoms with E-state index < -0.39 is 11.9 Å². The molecule has 0 aliphatic rings. The second-order valence-corrected chi connectivity index (χ2v) is 4.98. The molecular formula is C14H20N2O3S. The van der Waals surface area contributed by atoms with Gasteiger partial charge >= 0.3 is 0 Å². The van der Waals surface area contributed by atoms with Crippen LogP contribution in [0.5, 0.6) is 0 Å². The molecule has 1 rings (SSSR count). The Balaban J connectivity index is 2.32. The smallest absolute Gasteiger partial charge is 0.266 e. The topological polar surface area (TPSA) is 78.4 Å². The molecule has 0 heterocycles. The summed E-state index contributed by atoms with van der Waals surface area (Å²) in [5.74, 6) is -0.748. The summed E-state index contributed by atoms with van der Waals surface area (Å²) in [6, 6.07) is 7.36. The molecule has 1 atom stereocenters. The second kappa shape index (κ2) is 8.60. The van der Waals surface area contributed by atoms with Gasteiger partial charge in [-0.15, -0.1) is 0 Å². The van der Waals surface area contributed by atoms with E-state index in [1.807, 2.05) is 31.2 Å². The van der Waals surface area contributed by atoms with Crippen LogP contribution in [0.4, 0.5) is 0 Å². The summed E-state index contributed by atoms with van der Waals surface area (Å²) in [5, 5.41) is 11.0. The number of nitrogens with one attached hydrogen (secondary N) is 2. The molecule has 0 spiro atoms. The second-order valence-electron chi connectivity index (χ2n) is 4.62. The van der Waals surface area contributed by atoms with Gasteiger partial charge in [0.2, 0.25) is 5.91 Å². The normalized spacial score (nSPS) is 11.8. The van der Waals surface area contributed by atoms with Crippen LogP contribution in [0.1, 0.15) is 24.0 Å². The molecule has 1 aromatic rings. The predicted molar refractivity (Wildman–Crippen MR) is 79.8 cm³/mol. The highest BCUT2D eigenvalue weighted by molar-refractivity contribution is 7.80. The molecule has 0 aliphatic heterocycles. The van der Waals surface area contributed by atoms with Crippen LogP contribution in [0, 0.1) is 6.92 Å². The quantitative estimate of drug-likeness (QED) is 0.347. The molecule has 110 valence electrons. The average molecular weight is 296 g/mol. The first-order chi connectivity index (χ1) is 9.56. The van der Waals surface area contributed by atoms with E-state index in [0.29, 0.717) is 12.8 Å². The van der Waals surface area contributed by atoms with Crippen molar-refractivity contribution in [3.05, 3.63) is 35.4 Å². The highest BCUT2D eigenvalue weighted by Crippen LogP contribution is 2.07. The zero-order chi connectivity index (χ0) is 15.0. The Morgan fingerprint density at radius 2 is 1.95 bits per heavy atom. The number of carbonyl (C=O) groups is 2. The highest BCUT2D eigenvalue weighted by atomic mass is 32.1. The number of benzene rings is 1.